The molecule has 0 aromatic heterocycles. The van der Waals surface area contributed by atoms with E-state index < -0.39 is 5.76 Å². The van der Waals surface area contributed by atoms with Crippen LogP contribution in [0.1, 0.15) is 24.2 Å². The molecule has 2 rings (SSSR count). The van der Waals surface area contributed by atoms with Gasteiger partial charge in [0.15, 0.2) is 0 Å². The molecule has 1 aromatic carbocycles. The molecule has 1 N–H and O–H groups in total. The van der Waals surface area contributed by atoms with E-state index in [2.05, 4.69) is 24.1 Å². The molecule has 0 radical (unpaired) electrons. The Morgan fingerprint density at radius 3 is 2.48 bits per heavy atom. The number of halogens is 2. The Labute approximate surface area is 139 Å². The molecule has 0 bridgehead atoms. The van der Waals surface area contributed by atoms with Gasteiger partial charge in [0.05, 0.1) is 13.2 Å². The molecule has 1 fully saturated rings. The first kappa shape index (κ1) is 18.2. The van der Waals surface area contributed by atoms with Gasteiger partial charge in [0.25, 0.3) is 11.7 Å². The van der Waals surface area contributed by atoms with Crippen molar-refractivity contribution in [2.75, 3.05) is 32.8 Å². The van der Waals surface area contributed by atoms with E-state index in [1.807, 2.05) is 0 Å². The molecule has 0 unspecified atom stereocenters. The van der Waals surface area contributed by atoms with E-state index in [9.17, 15) is 13.6 Å². The maximum absolute atomic E-state index is 12.3. The minimum Gasteiger partial charge on any atom is -0.379 e. The predicted molar refractivity (Wildman–Crippen MR) is 87.1 cm³/mol. The van der Waals surface area contributed by atoms with Crippen LogP contribution in [0.5, 0.6) is 0 Å². The third kappa shape index (κ3) is 5.44. The van der Waals surface area contributed by atoms with Crippen LogP contribution in [-0.2, 0) is 4.74 Å². The van der Waals surface area contributed by atoms with E-state index >= 15 is 0 Å². The quantitative estimate of drug-likeness (QED) is 0.806. The number of carbonyl (C=O) groups excluding carboxylic acids is 1. The first-order valence-electron chi connectivity index (χ1n) is 7.54. The second kappa shape index (κ2) is 8.08. The zero-order valence-electron chi connectivity index (χ0n) is 13.4. The van der Waals surface area contributed by atoms with Crippen LogP contribution in [0.2, 0.25) is 0 Å². The summed E-state index contributed by atoms with van der Waals surface area (Å²) in [6, 6.07) is 6.22. The largest absolute Gasteiger partial charge is 0.379 e. The fourth-order valence-corrected chi connectivity index (χ4v) is 2.97. The number of amides is 1. The van der Waals surface area contributed by atoms with Crippen molar-refractivity contribution >= 4 is 17.7 Å². The highest BCUT2D eigenvalue weighted by Gasteiger charge is 2.28. The minimum atomic E-state index is -2.45. The van der Waals surface area contributed by atoms with Gasteiger partial charge < -0.3 is 10.1 Å². The van der Waals surface area contributed by atoms with Crippen LogP contribution in [0.25, 0.3) is 0 Å². The highest BCUT2D eigenvalue weighted by molar-refractivity contribution is 7.99. The second-order valence-electron chi connectivity index (χ2n) is 6.00. The van der Waals surface area contributed by atoms with Crippen LogP contribution in [-0.4, -0.2) is 55.0 Å². The van der Waals surface area contributed by atoms with Gasteiger partial charge >= 0.3 is 0 Å². The summed E-state index contributed by atoms with van der Waals surface area (Å²) in [7, 11) is 0. The van der Waals surface area contributed by atoms with E-state index in [0.29, 0.717) is 42.0 Å². The summed E-state index contributed by atoms with van der Waals surface area (Å²) in [6.45, 7) is 7.80. The maximum Gasteiger partial charge on any atom is 0.288 e. The van der Waals surface area contributed by atoms with Crippen molar-refractivity contribution in [2.45, 2.75) is 30.0 Å². The van der Waals surface area contributed by atoms with Crippen molar-refractivity contribution in [1.82, 2.24) is 10.2 Å². The van der Waals surface area contributed by atoms with Gasteiger partial charge in [-0.05, 0) is 38.1 Å². The Morgan fingerprint density at radius 1 is 1.30 bits per heavy atom. The van der Waals surface area contributed by atoms with Crippen molar-refractivity contribution in [2.24, 2.45) is 0 Å². The zero-order valence-corrected chi connectivity index (χ0v) is 14.2. The number of thioether (sulfide) groups is 1. The van der Waals surface area contributed by atoms with Gasteiger partial charge in [-0.2, -0.15) is 8.78 Å². The number of nitrogens with one attached hydrogen (secondary N) is 1. The SMILES string of the molecule is CC(C)(CNC(=O)c1ccc(SC(F)F)cc1)N1CCOCC1. The fourth-order valence-electron chi connectivity index (χ4n) is 2.47. The van der Waals surface area contributed by atoms with Crippen molar-refractivity contribution in [3.05, 3.63) is 29.8 Å². The molecular weight excluding hydrogens is 322 g/mol. The summed E-state index contributed by atoms with van der Waals surface area (Å²) in [4.78, 5) is 14.9. The molecule has 1 saturated heterocycles. The van der Waals surface area contributed by atoms with Crippen LogP contribution in [0.15, 0.2) is 29.2 Å². The molecule has 4 nitrogen and oxygen atoms in total. The lowest BCUT2D eigenvalue weighted by Crippen LogP contribution is -2.55. The van der Waals surface area contributed by atoms with Gasteiger partial charge in [0, 0.05) is 35.6 Å². The number of hydrogen-bond donors (Lipinski definition) is 1. The molecule has 0 aliphatic carbocycles. The van der Waals surface area contributed by atoms with Gasteiger partial charge in [-0.1, -0.05) is 11.8 Å². The lowest BCUT2D eigenvalue weighted by Gasteiger charge is -2.40. The first-order chi connectivity index (χ1) is 10.9. The molecule has 0 spiro atoms. The lowest BCUT2D eigenvalue weighted by atomic mass is 10.0. The monoisotopic (exact) mass is 344 g/mol. The van der Waals surface area contributed by atoms with Crippen LogP contribution >= 0.6 is 11.8 Å². The van der Waals surface area contributed by atoms with Crippen LogP contribution < -0.4 is 5.32 Å². The van der Waals surface area contributed by atoms with Crippen LogP contribution in [0, 0.1) is 0 Å². The molecule has 0 saturated carbocycles. The Kier molecular flexibility index (Phi) is 6.38. The average Bonchev–Trinajstić information content (AvgIpc) is 2.54. The maximum atomic E-state index is 12.3. The number of hydrogen-bond acceptors (Lipinski definition) is 4. The van der Waals surface area contributed by atoms with E-state index in [-0.39, 0.29) is 11.4 Å². The Bertz CT molecular complexity index is 517. The molecule has 1 amide bonds. The van der Waals surface area contributed by atoms with Crippen molar-refractivity contribution < 1.29 is 18.3 Å². The second-order valence-corrected chi connectivity index (χ2v) is 7.06. The zero-order chi connectivity index (χ0) is 16.9. The summed E-state index contributed by atoms with van der Waals surface area (Å²) in [6.07, 6.45) is 0. The average molecular weight is 344 g/mol. The Balaban J connectivity index is 1.88. The first-order valence-corrected chi connectivity index (χ1v) is 8.42. The van der Waals surface area contributed by atoms with E-state index in [0.717, 1.165) is 13.1 Å². The number of rotatable bonds is 6. The fraction of sp³-hybridized carbons (Fsp3) is 0.562. The molecule has 1 heterocycles. The summed E-state index contributed by atoms with van der Waals surface area (Å²) >= 11 is 0.472. The summed E-state index contributed by atoms with van der Waals surface area (Å²) in [5, 5.41) is 2.92. The predicted octanol–water partition coefficient (Wildman–Crippen LogP) is 2.84. The number of ether oxygens (including phenoxy) is 1. The number of benzene rings is 1. The van der Waals surface area contributed by atoms with Crippen LogP contribution in [0.4, 0.5) is 8.78 Å². The van der Waals surface area contributed by atoms with Gasteiger partial charge in [-0.25, -0.2) is 0 Å². The van der Waals surface area contributed by atoms with Gasteiger partial charge in [-0.3, -0.25) is 9.69 Å². The van der Waals surface area contributed by atoms with Crippen LogP contribution in [0.3, 0.4) is 0 Å². The van der Waals surface area contributed by atoms with Crippen molar-refractivity contribution in [1.29, 1.82) is 0 Å². The van der Waals surface area contributed by atoms with E-state index in [4.69, 9.17) is 4.74 Å². The highest BCUT2D eigenvalue weighted by atomic mass is 32.2. The Morgan fingerprint density at radius 2 is 1.91 bits per heavy atom. The molecule has 1 aromatic rings. The van der Waals surface area contributed by atoms with E-state index in [1.165, 1.54) is 0 Å². The highest BCUT2D eigenvalue weighted by Crippen LogP contribution is 2.25. The summed E-state index contributed by atoms with van der Waals surface area (Å²) in [5.74, 6) is -2.65. The molecule has 1 aliphatic rings. The molecule has 23 heavy (non-hydrogen) atoms. The topological polar surface area (TPSA) is 41.6 Å². The summed E-state index contributed by atoms with van der Waals surface area (Å²) < 4.78 is 29.9. The Hall–Kier alpha value is -1.18. The standard InChI is InChI=1S/C16H22F2N2O2S/c1-16(2,20-7-9-22-10-8-20)11-19-14(21)12-3-5-13(6-4-12)23-15(17)18/h3-6,15H,7-11H2,1-2H3,(H,19,21). The van der Waals surface area contributed by atoms with Crippen molar-refractivity contribution in [3.8, 4) is 0 Å². The number of morpholine rings is 1. The smallest absolute Gasteiger partial charge is 0.288 e. The summed E-state index contributed by atoms with van der Waals surface area (Å²) in [5.41, 5.74) is 0.312. The number of nitrogens with zero attached hydrogens (tertiary/aromatic N) is 1. The molecule has 7 heteroatoms. The van der Waals surface area contributed by atoms with Crippen molar-refractivity contribution in [3.63, 3.8) is 0 Å². The van der Waals surface area contributed by atoms with E-state index in [1.54, 1.807) is 24.3 Å². The third-order valence-electron chi connectivity index (χ3n) is 3.89. The van der Waals surface area contributed by atoms with Gasteiger partial charge in [0.1, 0.15) is 0 Å². The molecule has 0 atom stereocenters. The number of carbonyl (C=O) groups is 1. The molecule has 1 aliphatic heterocycles. The minimum absolute atomic E-state index is 0.162. The molecular formula is C16H22F2N2O2S. The number of alkyl halides is 2. The normalized spacial score (nSPS) is 16.6. The van der Waals surface area contributed by atoms with Gasteiger partial charge in [0.2, 0.25) is 0 Å². The van der Waals surface area contributed by atoms with Gasteiger partial charge in [-0.15, -0.1) is 0 Å². The molecule has 128 valence electrons. The lowest BCUT2D eigenvalue weighted by molar-refractivity contribution is -0.00923. The third-order valence-corrected chi connectivity index (χ3v) is 4.61.